The van der Waals surface area contributed by atoms with Gasteiger partial charge in [0, 0.05) is 18.4 Å². The molecule has 0 saturated heterocycles. The van der Waals surface area contributed by atoms with Crippen LogP contribution in [0.1, 0.15) is 44.4 Å². The van der Waals surface area contributed by atoms with Crippen molar-refractivity contribution in [3.63, 3.8) is 0 Å². The zero-order chi connectivity index (χ0) is 14.0. The van der Waals surface area contributed by atoms with E-state index in [0.717, 1.165) is 11.5 Å². The van der Waals surface area contributed by atoms with Crippen molar-refractivity contribution in [2.24, 2.45) is 0 Å². The molecule has 1 atom stereocenters. The highest BCUT2D eigenvalue weighted by Gasteiger charge is 2.13. The van der Waals surface area contributed by atoms with Gasteiger partial charge in [0.05, 0.1) is 6.04 Å². The van der Waals surface area contributed by atoms with Gasteiger partial charge in [-0.2, -0.15) is 0 Å². The smallest absolute Gasteiger partial charge is 0.293 e. The Bertz CT molecular complexity index is 613. The molecule has 0 radical (unpaired) electrons. The van der Waals surface area contributed by atoms with Crippen LogP contribution in [0, 0.1) is 6.92 Å². The van der Waals surface area contributed by atoms with Crippen LogP contribution in [-0.4, -0.2) is 9.55 Å². The quantitative estimate of drug-likeness (QED) is 0.919. The Morgan fingerprint density at radius 1 is 1.32 bits per heavy atom. The third kappa shape index (κ3) is 2.86. The van der Waals surface area contributed by atoms with Gasteiger partial charge >= 0.3 is 0 Å². The highest BCUT2D eigenvalue weighted by atomic mass is 16.3. The number of nitrogens with zero attached hydrogens (tertiary/aromatic N) is 2. The number of hydrogen-bond donors (Lipinski definition) is 1. The first-order valence-electron chi connectivity index (χ1n) is 6.39. The molecular formula is C14H19N3O2. The second kappa shape index (κ2) is 5.30. The van der Waals surface area contributed by atoms with E-state index in [1.54, 1.807) is 17.0 Å². The summed E-state index contributed by atoms with van der Waals surface area (Å²) in [7, 11) is 0. The Morgan fingerprint density at radius 3 is 2.63 bits per heavy atom. The first-order chi connectivity index (χ1) is 8.99. The minimum atomic E-state index is -0.118. The topological polar surface area (TPSA) is 60.1 Å². The van der Waals surface area contributed by atoms with Crippen LogP contribution in [0.3, 0.4) is 0 Å². The molecule has 2 heterocycles. The lowest BCUT2D eigenvalue weighted by Crippen LogP contribution is -2.26. The highest BCUT2D eigenvalue weighted by Crippen LogP contribution is 2.18. The SMILES string of the molecule is Cc1ccc(C(C)Nc2nccn(C(C)C)c2=O)o1. The molecule has 0 aliphatic carbocycles. The molecule has 1 N–H and O–H groups in total. The van der Waals surface area contributed by atoms with Crippen molar-refractivity contribution in [2.45, 2.75) is 39.8 Å². The van der Waals surface area contributed by atoms with Crippen molar-refractivity contribution in [2.75, 3.05) is 5.32 Å². The second-order valence-corrected chi connectivity index (χ2v) is 4.90. The van der Waals surface area contributed by atoms with Crippen LogP contribution in [0.2, 0.25) is 0 Å². The molecule has 102 valence electrons. The van der Waals surface area contributed by atoms with Gasteiger partial charge in [-0.05, 0) is 39.8 Å². The van der Waals surface area contributed by atoms with Gasteiger partial charge in [-0.3, -0.25) is 4.79 Å². The van der Waals surface area contributed by atoms with Crippen LogP contribution >= 0.6 is 0 Å². The third-order valence-corrected chi connectivity index (χ3v) is 2.97. The molecule has 0 aliphatic rings. The molecule has 0 aromatic carbocycles. The van der Waals surface area contributed by atoms with E-state index in [-0.39, 0.29) is 17.6 Å². The zero-order valence-electron chi connectivity index (χ0n) is 11.7. The largest absolute Gasteiger partial charge is 0.464 e. The Labute approximate surface area is 112 Å². The van der Waals surface area contributed by atoms with Gasteiger partial charge in [0.1, 0.15) is 11.5 Å². The normalized spacial score (nSPS) is 12.7. The lowest BCUT2D eigenvalue weighted by atomic mass is 10.2. The van der Waals surface area contributed by atoms with Gasteiger partial charge < -0.3 is 14.3 Å². The van der Waals surface area contributed by atoms with Gasteiger partial charge in [-0.25, -0.2) is 4.98 Å². The molecular weight excluding hydrogens is 242 g/mol. The van der Waals surface area contributed by atoms with Crippen molar-refractivity contribution in [1.82, 2.24) is 9.55 Å². The first kappa shape index (κ1) is 13.4. The molecule has 0 saturated carbocycles. The molecule has 19 heavy (non-hydrogen) atoms. The number of hydrogen-bond acceptors (Lipinski definition) is 4. The number of aromatic nitrogens is 2. The van der Waals surface area contributed by atoms with Crippen LogP contribution in [-0.2, 0) is 0 Å². The molecule has 0 bridgehead atoms. The Morgan fingerprint density at radius 2 is 2.05 bits per heavy atom. The molecule has 0 spiro atoms. The molecule has 1 unspecified atom stereocenters. The summed E-state index contributed by atoms with van der Waals surface area (Å²) in [6.45, 7) is 7.75. The predicted octanol–water partition coefficient (Wildman–Crippen LogP) is 2.90. The van der Waals surface area contributed by atoms with Gasteiger partial charge in [-0.1, -0.05) is 0 Å². The Hall–Kier alpha value is -2.04. The van der Waals surface area contributed by atoms with Crippen LogP contribution in [0.25, 0.3) is 0 Å². The van der Waals surface area contributed by atoms with Crippen LogP contribution in [0.4, 0.5) is 5.82 Å². The minimum Gasteiger partial charge on any atom is -0.464 e. The van der Waals surface area contributed by atoms with E-state index < -0.39 is 0 Å². The molecule has 2 rings (SSSR count). The Kier molecular flexibility index (Phi) is 3.74. The van der Waals surface area contributed by atoms with Gasteiger partial charge in [0.2, 0.25) is 0 Å². The number of aryl methyl sites for hydroxylation is 1. The van der Waals surface area contributed by atoms with Gasteiger partial charge in [-0.15, -0.1) is 0 Å². The van der Waals surface area contributed by atoms with Gasteiger partial charge in [0.25, 0.3) is 5.56 Å². The molecule has 2 aromatic rings. The molecule has 0 aliphatic heterocycles. The maximum Gasteiger partial charge on any atom is 0.293 e. The second-order valence-electron chi connectivity index (χ2n) is 4.90. The number of anilines is 1. The highest BCUT2D eigenvalue weighted by molar-refractivity contribution is 5.34. The molecule has 0 amide bonds. The number of furan rings is 1. The summed E-state index contributed by atoms with van der Waals surface area (Å²) in [5, 5.41) is 3.10. The molecule has 2 aromatic heterocycles. The molecule has 0 fully saturated rings. The first-order valence-corrected chi connectivity index (χ1v) is 6.39. The minimum absolute atomic E-state index is 0.100. The number of nitrogens with one attached hydrogen (secondary N) is 1. The van der Waals surface area contributed by atoms with Crippen molar-refractivity contribution >= 4 is 5.82 Å². The van der Waals surface area contributed by atoms with E-state index in [2.05, 4.69) is 10.3 Å². The summed E-state index contributed by atoms with van der Waals surface area (Å²) < 4.78 is 7.18. The summed E-state index contributed by atoms with van der Waals surface area (Å²) in [4.78, 5) is 16.3. The summed E-state index contributed by atoms with van der Waals surface area (Å²) in [6.07, 6.45) is 3.32. The van der Waals surface area contributed by atoms with Crippen molar-refractivity contribution in [3.8, 4) is 0 Å². The maximum atomic E-state index is 12.2. The lowest BCUT2D eigenvalue weighted by molar-refractivity contribution is 0.466. The van der Waals surface area contributed by atoms with E-state index >= 15 is 0 Å². The molecule has 5 nitrogen and oxygen atoms in total. The third-order valence-electron chi connectivity index (χ3n) is 2.97. The number of rotatable bonds is 4. The van der Waals surface area contributed by atoms with E-state index in [9.17, 15) is 4.79 Å². The summed E-state index contributed by atoms with van der Waals surface area (Å²) >= 11 is 0. The predicted molar refractivity (Wildman–Crippen MR) is 74.4 cm³/mol. The fourth-order valence-electron chi connectivity index (χ4n) is 1.89. The van der Waals surface area contributed by atoms with Crippen molar-refractivity contribution in [3.05, 3.63) is 46.4 Å². The van der Waals surface area contributed by atoms with Crippen molar-refractivity contribution < 1.29 is 4.42 Å². The monoisotopic (exact) mass is 261 g/mol. The fourth-order valence-corrected chi connectivity index (χ4v) is 1.89. The zero-order valence-corrected chi connectivity index (χ0v) is 11.7. The van der Waals surface area contributed by atoms with Crippen molar-refractivity contribution in [1.29, 1.82) is 0 Å². The summed E-state index contributed by atoms with van der Waals surface area (Å²) in [5.41, 5.74) is -0.118. The standard InChI is InChI=1S/C14H19N3O2/c1-9(2)17-8-7-15-13(14(17)18)16-11(4)12-6-5-10(3)19-12/h5-9,11H,1-4H3,(H,15,16). The molecule has 5 heteroatoms. The van der Waals surface area contributed by atoms with E-state index in [1.807, 2.05) is 39.8 Å². The Balaban J connectivity index is 2.24. The summed E-state index contributed by atoms with van der Waals surface area (Å²) in [6, 6.07) is 3.81. The average Bonchev–Trinajstić information content (AvgIpc) is 2.78. The maximum absolute atomic E-state index is 12.2. The van der Waals surface area contributed by atoms with E-state index in [0.29, 0.717) is 5.82 Å². The fraction of sp³-hybridized carbons (Fsp3) is 0.429. The average molecular weight is 261 g/mol. The van der Waals surface area contributed by atoms with E-state index in [1.165, 1.54) is 0 Å². The van der Waals surface area contributed by atoms with Crippen LogP contribution in [0.15, 0.2) is 33.7 Å². The van der Waals surface area contributed by atoms with E-state index in [4.69, 9.17) is 4.42 Å². The van der Waals surface area contributed by atoms with Gasteiger partial charge in [0.15, 0.2) is 5.82 Å². The van der Waals surface area contributed by atoms with Crippen LogP contribution in [0.5, 0.6) is 0 Å². The summed E-state index contributed by atoms with van der Waals surface area (Å²) in [5.74, 6) is 1.99. The van der Waals surface area contributed by atoms with Crippen LogP contribution < -0.4 is 10.9 Å². The lowest BCUT2D eigenvalue weighted by Gasteiger charge is -2.14.